The molecule has 2 heterocycles. The smallest absolute Gasteiger partial charge is 0.148 e. The number of nitrogens with zero attached hydrogens (tertiary/aromatic N) is 3. The summed E-state index contributed by atoms with van der Waals surface area (Å²) in [6.07, 6.45) is 3.22. The van der Waals surface area contributed by atoms with E-state index < -0.39 is 0 Å². The molecule has 0 fully saturated rings. The van der Waals surface area contributed by atoms with Crippen LogP contribution in [0.2, 0.25) is 0 Å². The fraction of sp³-hybridized carbons (Fsp3) is 0.429. The Morgan fingerprint density at radius 3 is 2.78 bits per heavy atom. The standard InChI is InChI=1S/C14H20N4/c1-4-15-14-6-5-13(16-17-14)12-7-9-18(10-8-12)11(2)3/h5-7H,2,4,8-10H2,1,3H3,(H,15,17). The molecule has 1 aliphatic heterocycles. The molecule has 0 radical (unpaired) electrons. The second-order valence-electron chi connectivity index (χ2n) is 4.49. The molecule has 2 rings (SSSR count). The number of nitrogens with one attached hydrogen (secondary N) is 1. The molecule has 18 heavy (non-hydrogen) atoms. The van der Waals surface area contributed by atoms with E-state index in [1.807, 2.05) is 26.0 Å². The van der Waals surface area contributed by atoms with Crippen LogP contribution < -0.4 is 5.32 Å². The predicted molar refractivity (Wildman–Crippen MR) is 75.2 cm³/mol. The van der Waals surface area contributed by atoms with Crippen molar-refractivity contribution in [3.05, 3.63) is 36.2 Å². The third-order valence-electron chi connectivity index (χ3n) is 3.10. The first-order chi connectivity index (χ1) is 8.70. The van der Waals surface area contributed by atoms with Crippen LogP contribution in [0.1, 0.15) is 26.0 Å². The average molecular weight is 244 g/mol. The van der Waals surface area contributed by atoms with Crippen molar-refractivity contribution < 1.29 is 0 Å². The molecule has 0 unspecified atom stereocenters. The largest absolute Gasteiger partial charge is 0.371 e. The van der Waals surface area contributed by atoms with Gasteiger partial charge in [0.1, 0.15) is 5.82 Å². The first-order valence-corrected chi connectivity index (χ1v) is 6.38. The number of hydrogen-bond acceptors (Lipinski definition) is 4. The summed E-state index contributed by atoms with van der Waals surface area (Å²) in [6, 6.07) is 4.02. The maximum absolute atomic E-state index is 4.27. The molecule has 1 aliphatic rings. The van der Waals surface area contributed by atoms with Gasteiger partial charge in [-0.2, -0.15) is 0 Å². The quantitative estimate of drug-likeness (QED) is 0.883. The van der Waals surface area contributed by atoms with E-state index in [1.54, 1.807) is 0 Å². The summed E-state index contributed by atoms with van der Waals surface area (Å²) in [5.41, 5.74) is 3.39. The van der Waals surface area contributed by atoms with E-state index in [1.165, 1.54) is 5.57 Å². The SMILES string of the molecule is C=C(C)N1CC=C(c2ccc(NCC)nn2)CC1. The van der Waals surface area contributed by atoms with Crippen molar-refractivity contribution in [2.24, 2.45) is 0 Å². The Morgan fingerprint density at radius 1 is 1.44 bits per heavy atom. The van der Waals surface area contributed by atoms with Crippen LogP contribution in [-0.2, 0) is 0 Å². The third-order valence-corrected chi connectivity index (χ3v) is 3.10. The van der Waals surface area contributed by atoms with Gasteiger partial charge >= 0.3 is 0 Å². The molecule has 0 bridgehead atoms. The highest BCUT2D eigenvalue weighted by atomic mass is 15.2. The van der Waals surface area contributed by atoms with Crippen LogP contribution in [0.25, 0.3) is 5.57 Å². The van der Waals surface area contributed by atoms with Gasteiger partial charge in [0.2, 0.25) is 0 Å². The molecule has 0 saturated heterocycles. The zero-order valence-electron chi connectivity index (χ0n) is 11.1. The molecule has 0 amide bonds. The van der Waals surface area contributed by atoms with Gasteiger partial charge in [-0.1, -0.05) is 12.7 Å². The summed E-state index contributed by atoms with van der Waals surface area (Å²) in [5, 5.41) is 11.6. The molecule has 0 saturated carbocycles. The van der Waals surface area contributed by atoms with E-state index in [2.05, 4.69) is 33.1 Å². The molecule has 1 aromatic rings. The molecule has 0 aromatic carbocycles. The topological polar surface area (TPSA) is 41.0 Å². The van der Waals surface area contributed by atoms with E-state index in [9.17, 15) is 0 Å². The van der Waals surface area contributed by atoms with Gasteiger partial charge in [0.15, 0.2) is 0 Å². The zero-order chi connectivity index (χ0) is 13.0. The molecule has 0 atom stereocenters. The van der Waals surface area contributed by atoms with Crippen molar-refractivity contribution in [2.45, 2.75) is 20.3 Å². The van der Waals surface area contributed by atoms with E-state index >= 15 is 0 Å². The summed E-state index contributed by atoms with van der Waals surface area (Å²) >= 11 is 0. The van der Waals surface area contributed by atoms with E-state index in [4.69, 9.17) is 0 Å². The van der Waals surface area contributed by atoms with Crippen molar-refractivity contribution in [1.82, 2.24) is 15.1 Å². The Kier molecular flexibility index (Phi) is 3.97. The fourth-order valence-corrected chi connectivity index (χ4v) is 2.03. The van der Waals surface area contributed by atoms with Gasteiger partial charge in [0, 0.05) is 25.3 Å². The highest BCUT2D eigenvalue weighted by Gasteiger charge is 2.13. The lowest BCUT2D eigenvalue weighted by molar-refractivity contribution is 0.381. The maximum atomic E-state index is 4.27. The van der Waals surface area contributed by atoms with E-state index in [0.29, 0.717) is 0 Å². The lowest BCUT2D eigenvalue weighted by atomic mass is 10.0. The Hall–Kier alpha value is -1.84. The number of anilines is 1. The molecule has 0 spiro atoms. The van der Waals surface area contributed by atoms with Crippen LogP contribution >= 0.6 is 0 Å². The molecule has 1 aromatic heterocycles. The van der Waals surface area contributed by atoms with Crippen LogP contribution in [-0.4, -0.2) is 34.7 Å². The average Bonchev–Trinajstić information content (AvgIpc) is 2.40. The molecule has 4 heteroatoms. The lowest BCUT2D eigenvalue weighted by Gasteiger charge is -2.28. The summed E-state index contributed by atoms with van der Waals surface area (Å²) in [6.45, 7) is 10.9. The number of hydrogen-bond donors (Lipinski definition) is 1. The van der Waals surface area contributed by atoms with Crippen molar-refractivity contribution in [3.63, 3.8) is 0 Å². The zero-order valence-corrected chi connectivity index (χ0v) is 11.1. The van der Waals surface area contributed by atoms with Crippen molar-refractivity contribution in [2.75, 3.05) is 25.0 Å². The number of rotatable bonds is 4. The lowest BCUT2D eigenvalue weighted by Crippen LogP contribution is -2.26. The Labute approximate surface area is 108 Å². The predicted octanol–water partition coefficient (Wildman–Crippen LogP) is 2.53. The molecular formula is C14H20N4. The first-order valence-electron chi connectivity index (χ1n) is 6.38. The second-order valence-corrected chi connectivity index (χ2v) is 4.49. The minimum Gasteiger partial charge on any atom is -0.371 e. The van der Waals surface area contributed by atoms with Gasteiger partial charge in [-0.05, 0) is 38.0 Å². The van der Waals surface area contributed by atoms with Gasteiger partial charge in [-0.15, -0.1) is 10.2 Å². The van der Waals surface area contributed by atoms with Crippen molar-refractivity contribution >= 4 is 11.4 Å². The van der Waals surface area contributed by atoms with Gasteiger partial charge < -0.3 is 10.2 Å². The first kappa shape index (κ1) is 12.6. The minimum absolute atomic E-state index is 0.834. The maximum Gasteiger partial charge on any atom is 0.148 e. The summed E-state index contributed by atoms with van der Waals surface area (Å²) < 4.78 is 0. The number of aromatic nitrogens is 2. The van der Waals surface area contributed by atoms with Crippen LogP contribution in [0.5, 0.6) is 0 Å². The van der Waals surface area contributed by atoms with Crippen molar-refractivity contribution in [1.29, 1.82) is 0 Å². The molecular weight excluding hydrogens is 224 g/mol. The van der Waals surface area contributed by atoms with Crippen molar-refractivity contribution in [3.8, 4) is 0 Å². The molecule has 1 N–H and O–H groups in total. The Bertz CT molecular complexity index is 447. The number of allylic oxidation sites excluding steroid dienone is 1. The molecule has 96 valence electrons. The van der Waals surface area contributed by atoms with Gasteiger partial charge in [-0.25, -0.2) is 0 Å². The van der Waals surface area contributed by atoms with Crippen LogP contribution in [0.4, 0.5) is 5.82 Å². The summed E-state index contributed by atoms with van der Waals surface area (Å²) in [5.74, 6) is 0.834. The van der Waals surface area contributed by atoms with E-state index in [0.717, 1.165) is 43.3 Å². The fourth-order valence-electron chi connectivity index (χ4n) is 2.03. The monoisotopic (exact) mass is 244 g/mol. The molecule has 0 aliphatic carbocycles. The van der Waals surface area contributed by atoms with Crippen LogP contribution in [0.15, 0.2) is 30.5 Å². The Balaban J connectivity index is 2.06. The third kappa shape index (κ3) is 2.88. The summed E-state index contributed by atoms with van der Waals surface area (Å²) in [7, 11) is 0. The van der Waals surface area contributed by atoms with Gasteiger partial charge in [0.25, 0.3) is 0 Å². The minimum atomic E-state index is 0.834. The Morgan fingerprint density at radius 2 is 2.28 bits per heavy atom. The normalized spacial score (nSPS) is 15.2. The van der Waals surface area contributed by atoms with Gasteiger partial charge in [0.05, 0.1) is 5.69 Å². The van der Waals surface area contributed by atoms with Gasteiger partial charge in [-0.3, -0.25) is 0 Å². The van der Waals surface area contributed by atoms with Crippen LogP contribution in [0.3, 0.4) is 0 Å². The summed E-state index contributed by atoms with van der Waals surface area (Å²) in [4.78, 5) is 2.27. The second kappa shape index (κ2) is 5.67. The highest BCUT2D eigenvalue weighted by Crippen LogP contribution is 2.22. The highest BCUT2D eigenvalue weighted by molar-refractivity contribution is 5.64. The molecule has 4 nitrogen and oxygen atoms in total. The van der Waals surface area contributed by atoms with Crippen LogP contribution in [0, 0.1) is 0 Å². The van der Waals surface area contributed by atoms with E-state index in [-0.39, 0.29) is 0 Å².